The van der Waals surface area contributed by atoms with Crippen LogP contribution in [0.4, 0.5) is 5.82 Å². The predicted octanol–water partition coefficient (Wildman–Crippen LogP) is 3.96. The quantitative estimate of drug-likeness (QED) is 0.463. The first-order valence-electron chi connectivity index (χ1n) is 12.5. The number of nitriles is 1. The minimum Gasteiger partial charge on any atom is -0.484 e. The lowest BCUT2D eigenvalue weighted by atomic mass is 9.93. The second kappa shape index (κ2) is 8.04. The van der Waals surface area contributed by atoms with Gasteiger partial charge in [0.25, 0.3) is 0 Å². The third-order valence-electron chi connectivity index (χ3n) is 8.09. The van der Waals surface area contributed by atoms with Gasteiger partial charge in [-0.25, -0.2) is 9.67 Å². The number of nitrogens with zero attached hydrogens (tertiary/aromatic N) is 6. The average molecular weight is 479 g/mol. The number of benzene rings is 1. The van der Waals surface area contributed by atoms with Crippen LogP contribution in [-0.4, -0.2) is 44.6 Å². The van der Waals surface area contributed by atoms with Gasteiger partial charge < -0.3 is 14.7 Å². The highest BCUT2D eigenvalue weighted by Crippen LogP contribution is 2.57. The van der Waals surface area contributed by atoms with Crippen LogP contribution in [0, 0.1) is 22.7 Å². The fourth-order valence-corrected chi connectivity index (χ4v) is 5.97. The van der Waals surface area contributed by atoms with Gasteiger partial charge in [-0.1, -0.05) is 0 Å². The van der Waals surface area contributed by atoms with E-state index in [1.165, 1.54) is 0 Å². The van der Waals surface area contributed by atoms with E-state index in [0.29, 0.717) is 11.5 Å². The molecule has 1 aromatic carbocycles. The standard InChI is InChI=1S/C28H26N6O2/c29-12-18-8-19-2-1-3-25(27(19)31-13-18)36-23-5-4-20-14-32-34(24(20)10-23)22-6-7-30-26(9-22)33-15-21-11-28(21,16-33)17-35/h4-10,13-14,21,25,35H,1-3,11,15-17H2/t21-,25-,28+/m0/s1. The first kappa shape index (κ1) is 21.3. The number of fused-ring (bicyclic) bond motifs is 3. The third-order valence-corrected chi connectivity index (χ3v) is 8.09. The molecule has 0 amide bonds. The van der Waals surface area contributed by atoms with Crippen molar-refractivity contribution in [1.29, 1.82) is 5.26 Å². The molecule has 2 aliphatic carbocycles. The lowest BCUT2D eigenvalue weighted by Crippen LogP contribution is -2.26. The zero-order chi connectivity index (χ0) is 24.3. The van der Waals surface area contributed by atoms with Gasteiger partial charge in [0.1, 0.15) is 23.7 Å². The Morgan fingerprint density at radius 2 is 2.11 bits per heavy atom. The van der Waals surface area contributed by atoms with Crippen molar-refractivity contribution in [3.8, 4) is 17.5 Å². The number of rotatable bonds is 5. The third kappa shape index (κ3) is 3.42. The molecule has 36 heavy (non-hydrogen) atoms. The monoisotopic (exact) mass is 478 g/mol. The molecule has 1 aliphatic heterocycles. The molecule has 3 aliphatic rings. The molecule has 1 saturated carbocycles. The van der Waals surface area contributed by atoms with Crippen molar-refractivity contribution >= 4 is 16.7 Å². The number of aryl methyl sites for hydroxylation is 1. The Morgan fingerprint density at radius 3 is 2.97 bits per heavy atom. The molecule has 0 radical (unpaired) electrons. The van der Waals surface area contributed by atoms with E-state index >= 15 is 0 Å². The molecule has 8 nitrogen and oxygen atoms in total. The van der Waals surface area contributed by atoms with Crippen LogP contribution < -0.4 is 9.64 Å². The molecular formula is C28H26N6O2. The molecule has 1 saturated heterocycles. The van der Waals surface area contributed by atoms with Crippen LogP contribution in [-0.2, 0) is 6.42 Å². The van der Waals surface area contributed by atoms with Crippen molar-refractivity contribution in [2.45, 2.75) is 31.8 Å². The van der Waals surface area contributed by atoms with E-state index in [1.807, 2.05) is 47.4 Å². The maximum absolute atomic E-state index is 9.79. The van der Waals surface area contributed by atoms with Gasteiger partial charge in [-0.2, -0.15) is 10.4 Å². The second-order valence-electron chi connectivity index (χ2n) is 10.3. The molecule has 3 atom stereocenters. The number of hydrogen-bond donors (Lipinski definition) is 1. The SMILES string of the molecule is N#Cc1cnc2c(c1)CCC[C@@H]2Oc1ccc2cnn(-c3ccnc(N4C[C@@H]5C[C@]5(CO)C4)c3)c2c1. The Labute approximate surface area is 208 Å². The number of aliphatic hydroxyl groups is 1. The molecule has 4 aromatic rings. The molecule has 1 N–H and O–H groups in total. The van der Waals surface area contributed by atoms with Crippen molar-refractivity contribution in [3.05, 3.63) is 71.8 Å². The lowest BCUT2D eigenvalue weighted by Gasteiger charge is -2.25. The van der Waals surface area contributed by atoms with E-state index < -0.39 is 0 Å². The first-order chi connectivity index (χ1) is 17.7. The first-order valence-corrected chi connectivity index (χ1v) is 12.5. The number of anilines is 1. The summed E-state index contributed by atoms with van der Waals surface area (Å²) in [6.45, 7) is 2.05. The van der Waals surface area contributed by atoms with E-state index in [2.05, 4.69) is 32.1 Å². The van der Waals surface area contributed by atoms with Crippen LogP contribution in [0.1, 0.15) is 42.2 Å². The zero-order valence-corrected chi connectivity index (χ0v) is 19.8. The van der Waals surface area contributed by atoms with Crippen molar-refractivity contribution in [3.63, 3.8) is 0 Å². The summed E-state index contributed by atoms with van der Waals surface area (Å²) in [7, 11) is 0. The Hall–Kier alpha value is -3.96. The minimum atomic E-state index is -0.136. The van der Waals surface area contributed by atoms with Crippen molar-refractivity contribution in [2.75, 3.05) is 24.6 Å². The average Bonchev–Trinajstić information content (AvgIpc) is 3.25. The summed E-state index contributed by atoms with van der Waals surface area (Å²) in [6, 6.07) is 14.2. The molecule has 180 valence electrons. The van der Waals surface area contributed by atoms with E-state index in [9.17, 15) is 10.4 Å². The lowest BCUT2D eigenvalue weighted by molar-refractivity contribution is 0.178. The molecule has 0 bridgehead atoms. The van der Waals surface area contributed by atoms with Crippen molar-refractivity contribution < 1.29 is 9.84 Å². The maximum Gasteiger partial charge on any atom is 0.141 e. The van der Waals surface area contributed by atoms with Gasteiger partial charge in [0.2, 0.25) is 0 Å². The summed E-state index contributed by atoms with van der Waals surface area (Å²) < 4.78 is 8.37. The molecule has 2 fully saturated rings. The van der Waals surface area contributed by atoms with Gasteiger partial charge in [-0.05, 0) is 61.4 Å². The Kier molecular flexibility index (Phi) is 4.76. The van der Waals surface area contributed by atoms with Crippen LogP contribution >= 0.6 is 0 Å². The normalized spacial score (nSPS) is 24.3. The van der Waals surface area contributed by atoms with Crippen LogP contribution in [0.15, 0.2) is 55.0 Å². The fourth-order valence-electron chi connectivity index (χ4n) is 5.97. The number of aromatic nitrogens is 4. The van der Waals surface area contributed by atoms with E-state index in [-0.39, 0.29) is 18.1 Å². The highest BCUT2D eigenvalue weighted by molar-refractivity contribution is 5.82. The minimum absolute atomic E-state index is 0.0745. The summed E-state index contributed by atoms with van der Waals surface area (Å²) in [5, 5.41) is 24.7. The van der Waals surface area contributed by atoms with Crippen molar-refractivity contribution in [1.82, 2.24) is 19.7 Å². The van der Waals surface area contributed by atoms with Crippen LogP contribution in [0.5, 0.6) is 5.75 Å². The molecule has 4 heterocycles. The Balaban J connectivity index is 1.18. The highest BCUT2D eigenvalue weighted by Gasteiger charge is 2.59. The molecule has 0 spiro atoms. The van der Waals surface area contributed by atoms with Gasteiger partial charge in [0.15, 0.2) is 0 Å². The molecule has 7 rings (SSSR count). The van der Waals surface area contributed by atoms with Crippen molar-refractivity contribution in [2.24, 2.45) is 11.3 Å². The molecule has 8 heteroatoms. The number of hydrogen-bond acceptors (Lipinski definition) is 7. The fraction of sp³-hybridized carbons (Fsp3) is 0.357. The topological polar surface area (TPSA) is 100 Å². The van der Waals surface area contributed by atoms with E-state index in [0.717, 1.165) is 78.2 Å². The largest absolute Gasteiger partial charge is 0.484 e. The summed E-state index contributed by atoms with van der Waals surface area (Å²) >= 11 is 0. The maximum atomic E-state index is 9.79. The van der Waals surface area contributed by atoms with Gasteiger partial charge in [-0.3, -0.25) is 4.98 Å². The van der Waals surface area contributed by atoms with Gasteiger partial charge in [-0.15, -0.1) is 0 Å². The van der Waals surface area contributed by atoms with Crippen LogP contribution in [0.3, 0.4) is 0 Å². The number of aliphatic hydroxyl groups excluding tert-OH is 1. The van der Waals surface area contributed by atoms with Gasteiger partial charge >= 0.3 is 0 Å². The zero-order valence-electron chi connectivity index (χ0n) is 19.8. The molecular weight excluding hydrogens is 452 g/mol. The van der Waals surface area contributed by atoms with E-state index in [1.54, 1.807) is 6.20 Å². The predicted molar refractivity (Wildman–Crippen MR) is 134 cm³/mol. The van der Waals surface area contributed by atoms with E-state index in [4.69, 9.17) is 4.74 Å². The Morgan fingerprint density at radius 1 is 1.17 bits per heavy atom. The van der Waals surface area contributed by atoms with Crippen LogP contribution in [0.2, 0.25) is 0 Å². The second-order valence-corrected chi connectivity index (χ2v) is 10.3. The van der Waals surface area contributed by atoms with Gasteiger partial charge in [0, 0.05) is 48.4 Å². The van der Waals surface area contributed by atoms with Gasteiger partial charge in [0.05, 0.1) is 35.3 Å². The summed E-state index contributed by atoms with van der Waals surface area (Å²) in [5.74, 6) is 2.27. The summed E-state index contributed by atoms with van der Waals surface area (Å²) in [4.78, 5) is 11.4. The summed E-state index contributed by atoms with van der Waals surface area (Å²) in [5.41, 5.74) is 4.60. The number of piperidine rings is 1. The molecule has 0 unspecified atom stereocenters. The Bertz CT molecular complexity index is 1520. The smallest absolute Gasteiger partial charge is 0.141 e. The number of pyridine rings is 2. The number of ether oxygens (including phenoxy) is 1. The highest BCUT2D eigenvalue weighted by atomic mass is 16.5. The summed E-state index contributed by atoms with van der Waals surface area (Å²) in [6.07, 6.45) is 9.12. The van der Waals surface area contributed by atoms with Crippen LogP contribution in [0.25, 0.3) is 16.6 Å². The molecule has 3 aromatic heterocycles.